The standard InChI is InChI=1S/C68H113N19O26S/c1-31(2)25-36(69)56(101)85-52(32(3)4)64(109)75-27-45(89)73-29-47(91)87-23-12-14-44(87)63(108)79-40(21-24-114-10)60(105)82-42(26-51(98)99)61(106)76-35(9)55(100)83-43(30-88)62(107)86-54(34(7)8)66(111)80-39(17-20-50(96)97)59(104)78-38(16-19-49(94)95)58(103)77-37(15-18-48(92)93)57(102)74-28-46(90)84-53(33(5)6)65(110)81-41(67(112)113)13-11-22-72-68(70)71/h31-44,52-54,88H,11-30,69H2,1-10H3,(H,73,89)(H,74,102)(H,75,109)(H,76,106)(H,77,103)(H,78,104)(H,79,108)(H,80,111)(H,81,110)(H,82,105)(H,83,100)(H,84,90)(H,85,101)(H,86,107)(H,92,93)(H,94,95)(H,96,97)(H,98,99)(H,112,113)(H4,70,71,72)/t35-,36-,37-,38-,39-,40-,41-,42-,43-,44-,52-,53-,54-/m0/s1. The molecule has 1 heterocycles. The van der Waals surface area contributed by atoms with E-state index in [0.717, 1.165) is 11.8 Å². The summed E-state index contributed by atoms with van der Waals surface area (Å²) in [5.74, 6) is -25.1. The maximum Gasteiger partial charge on any atom is 0.326 e. The fourth-order valence-corrected chi connectivity index (χ4v) is 11.4. The van der Waals surface area contributed by atoms with Crippen molar-refractivity contribution in [3.8, 4) is 0 Å². The molecule has 0 bridgehead atoms. The minimum atomic E-state index is -1.96. The molecular formula is C68H113N19O26S. The van der Waals surface area contributed by atoms with Gasteiger partial charge in [-0.1, -0.05) is 55.4 Å². The summed E-state index contributed by atoms with van der Waals surface area (Å²) in [7, 11) is 0. The van der Waals surface area contributed by atoms with Gasteiger partial charge in [0.1, 0.15) is 72.5 Å². The molecule has 0 saturated carbocycles. The molecular weight excluding hydrogens is 1530 g/mol. The third-order valence-electron chi connectivity index (χ3n) is 17.2. The molecule has 0 radical (unpaired) electrons. The lowest BCUT2D eigenvalue weighted by Gasteiger charge is -2.28. The normalized spacial score (nSPS) is 15.6. The van der Waals surface area contributed by atoms with Crippen molar-refractivity contribution in [1.82, 2.24) is 79.3 Å². The summed E-state index contributed by atoms with van der Waals surface area (Å²) in [4.78, 5) is 267. The van der Waals surface area contributed by atoms with Gasteiger partial charge >= 0.3 is 29.8 Å². The molecule has 0 aliphatic carbocycles. The molecule has 1 aliphatic heterocycles. The van der Waals surface area contributed by atoms with Crippen molar-refractivity contribution in [2.45, 2.75) is 224 Å². The van der Waals surface area contributed by atoms with Crippen LogP contribution >= 0.6 is 11.8 Å². The first-order valence-electron chi connectivity index (χ1n) is 36.7. The minimum Gasteiger partial charge on any atom is -0.481 e. The number of nitrogens with one attached hydrogen (secondary N) is 14. The minimum absolute atomic E-state index is 0.0344. The average molecular weight is 1640 g/mol. The van der Waals surface area contributed by atoms with Gasteiger partial charge in [-0.15, -0.1) is 0 Å². The van der Waals surface area contributed by atoms with Crippen molar-refractivity contribution in [2.24, 2.45) is 45.9 Å². The summed E-state index contributed by atoms with van der Waals surface area (Å²) >= 11 is 1.24. The van der Waals surface area contributed by atoms with Crippen LogP contribution in [-0.4, -0.2) is 290 Å². The summed E-state index contributed by atoms with van der Waals surface area (Å²) in [6.45, 7) is 10.6. The van der Waals surface area contributed by atoms with Crippen LogP contribution in [0.5, 0.6) is 0 Å². The number of amides is 15. The molecule has 15 amide bonds. The van der Waals surface area contributed by atoms with E-state index in [1.807, 2.05) is 13.8 Å². The van der Waals surface area contributed by atoms with E-state index in [0.29, 0.717) is 12.8 Å². The van der Waals surface area contributed by atoms with Gasteiger partial charge in [0.25, 0.3) is 0 Å². The molecule has 0 spiro atoms. The molecule has 1 saturated heterocycles. The fourth-order valence-electron chi connectivity index (χ4n) is 10.9. The van der Waals surface area contributed by atoms with E-state index < -0.39 is 286 Å². The van der Waals surface area contributed by atoms with Gasteiger partial charge in [-0.2, -0.15) is 11.8 Å². The van der Waals surface area contributed by atoms with Gasteiger partial charge in [-0.05, 0) is 100 Å². The summed E-state index contributed by atoms with van der Waals surface area (Å²) in [5, 5.41) is 90.8. The number of guanidine groups is 1. The van der Waals surface area contributed by atoms with Gasteiger partial charge in [-0.3, -0.25) is 96.1 Å². The van der Waals surface area contributed by atoms with Gasteiger partial charge in [0, 0.05) is 32.4 Å². The molecule has 26 N–H and O–H groups in total. The van der Waals surface area contributed by atoms with Crippen LogP contribution in [0.4, 0.5) is 0 Å². The Balaban J connectivity index is 3.29. The molecule has 13 atom stereocenters. The number of likely N-dealkylation sites (tertiary alicyclic amines) is 1. The Hall–Kier alpha value is -11.1. The highest BCUT2D eigenvalue weighted by Crippen LogP contribution is 2.19. The summed E-state index contributed by atoms with van der Waals surface area (Å²) < 4.78 is 0. The van der Waals surface area contributed by atoms with Gasteiger partial charge < -0.3 is 127 Å². The Labute approximate surface area is 661 Å². The van der Waals surface area contributed by atoms with E-state index in [2.05, 4.69) is 79.4 Å². The second-order valence-electron chi connectivity index (χ2n) is 28.2. The number of aliphatic hydroxyl groups excluding tert-OH is 1. The third kappa shape index (κ3) is 38.4. The monoisotopic (exact) mass is 1640 g/mol. The zero-order valence-corrected chi connectivity index (χ0v) is 66.2. The molecule has 0 aromatic heterocycles. The highest BCUT2D eigenvalue weighted by atomic mass is 32.2. The Bertz CT molecular complexity index is 3430. The first-order valence-corrected chi connectivity index (χ1v) is 38.1. The van der Waals surface area contributed by atoms with E-state index in [4.69, 9.17) is 17.2 Å². The molecule has 45 nitrogen and oxygen atoms in total. The van der Waals surface area contributed by atoms with E-state index in [9.17, 15) is 127 Å². The summed E-state index contributed by atoms with van der Waals surface area (Å²) in [5.41, 5.74) is 16.6. The maximum atomic E-state index is 14.1. The molecule has 0 aromatic rings. The molecule has 1 fully saturated rings. The number of aliphatic carboxylic acids is 5. The predicted octanol–water partition coefficient (Wildman–Crippen LogP) is -8.03. The molecule has 1 aliphatic rings. The van der Waals surface area contributed by atoms with Gasteiger partial charge in [-0.25, -0.2) is 4.79 Å². The Kier molecular flexibility index (Phi) is 45.7. The fraction of sp³-hybridized carbons (Fsp3) is 0.691. The highest BCUT2D eigenvalue weighted by Gasteiger charge is 2.40. The second-order valence-corrected chi connectivity index (χ2v) is 29.2. The van der Waals surface area contributed by atoms with Crippen molar-refractivity contribution in [3.05, 3.63) is 0 Å². The number of hydrogen-bond acceptors (Lipinski definition) is 24. The van der Waals surface area contributed by atoms with E-state index in [-0.39, 0.29) is 56.4 Å². The van der Waals surface area contributed by atoms with Crippen LogP contribution < -0.4 is 91.6 Å². The molecule has 0 unspecified atom stereocenters. The van der Waals surface area contributed by atoms with Crippen molar-refractivity contribution in [2.75, 3.05) is 51.3 Å². The lowest BCUT2D eigenvalue weighted by molar-refractivity contribution is -0.143. The van der Waals surface area contributed by atoms with E-state index >= 15 is 0 Å². The highest BCUT2D eigenvalue weighted by molar-refractivity contribution is 7.98. The number of carbonyl (C=O) groups excluding carboxylic acids is 15. The van der Waals surface area contributed by atoms with E-state index in [1.54, 1.807) is 20.1 Å². The number of carboxylic acid groups (broad SMARTS) is 5. The SMILES string of the molecule is CSCC[C@H](NC(=O)[C@@H]1CCCN1C(=O)CNC(=O)CNC(=O)[C@@H](NC(=O)[C@@H](N)CC(C)C)C(C)C)C(=O)N[C@@H](CC(=O)O)C(=O)N[C@@H](C)C(=O)N[C@@H](CO)C(=O)N[C@H](C(=O)N[C@@H](CCC(=O)O)C(=O)N[C@@H](CCC(=O)O)C(=O)N[C@@H](CCC(=O)O)C(=O)NCC(=O)N[C@H](C(=O)N[C@@H](CCCN=C(N)N)C(=O)O)C(C)C)C(C)C. The van der Waals surface area contributed by atoms with Crippen molar-refractivity contribution in [1.29, 1.82) is 0 Å². The Morgan fingerprint density at radius 1 is 0.447 bits per heavy atom. The molecule has 114 heavy (non-hydrogen) atoms. The zero-order chi connectivity index (χ0) is 87.0. The number of carboxylic acids is 5. The maximum absolute atomic E-state index is 14.1. The number of carbonyl (C=O) groups is 20. The number of rotatable bonds is 54. The number of thioether (sulfide) groups is 1. The van der Waals surface area contributed by atoms with Gasteiger partial charge in [0.15, 0.2) is 5.96 Å². The van der Waals surface area contributed by atoms with Crippen LogP contribution in [0.15, 0.2) is 4.99 Å². The van der Waals surface area contributed by atoms with Crippen LogP contribution in [0.1, 0.15) is 146 Å². The van der Waals surface area contributed by atoms with Gasteiger partial charge in [0.05, 0.1) is 38.7 Å². The van der Waals surface area contributed by atoms with Crippen molar-refractivity contribution >= 4 is 136 Å². The number of nitrogens with two attached hydrogens (primary N) is 3. The summed E-state index contributed by atoms with van der Waals surface area (Å²) in [6, 6.07) is -20.5. The van der Waals surface area contributed by atoms with E-state index in [1.165, 1.54) is 39.5 Å². The van der Waals surface area contributed by atoms with Crippen molar-refractivity contribution in [3.63, 3.8) is 0 Å². The molecule has 1 rings (SSSR count). The number of aliphatic hydroxyl groups is 1. The molecule has 46 heteroatoms. The van der Waals surface area contributed by atoms with Crippen LogP contribution in [0.25, 0.3) is 0 Å². The van der Waals surface area contributed by atoms with Crippen LogP contribution in [0.3, 0.4) is 0 Å². The second kappa shape index (κ2) is 51.6. The lowest BCUT2D eigenvalue weighted by Crippen LogP contribution is -2.61. The van der Waals surface area contributed by atoms with Crippen molar-refractivity contribution < 1.29 is 127 Å². The van der Waals surface area contributed by atoms with Crippen LogP contribution in [0, 0.1) is 23.7 Å². The molecule has 0 aromatic carbocycles. The Morgan fingerprint density at radius 2 is 0.877 bits per heavy atom. The lowest BCUT2D eigenvalue weighted by atomic mass is 10.0. The summed E-state index contributed by atoms with van der Waals surface area (Å²) in [6.07, 6.45) is -3.49. The first-order chi connectivity index (χ1) is 53.2. The number of aliphatic imine (C=N–C) groups is 1. The average Bonchev–Trinajstić information content (AvgIpc) is 1.54. The first kappa shape index (κ1) is 101. The largest absolute Gasteiger partial charge is 0.481 e. The number of nitrogens with zero attached hydrogens (tertiary/aromatic N) is 2. The number of hydrogen-bond donors (Lipinski definition) is 23. The van der Waals surface area contributed by atoms with Gasteiger partial charge in [0.2, 0.25) is 88.6 Å². The van der Waals surface area contributed by atoms with Crippen LogP contribution in [-0.2, 0) is 95.9 Å². The van der Waals surface area contributed by atoms with Crippen LogP contribution in [0.2, 0.25) is 0 Å². The smallest absolute Gasteiger partial charge is 0.326 e. The zero-order valence-electron chi connectivity index (χ0n) is 65.3. The predicted molar refractivity (Wildman–Crippen MR) is 403 cm³/mol. The molecule has 642 valence electrons. The topological polar surface area (TPSA) is 725 Å². The quantitative estimate of drug-likeness (QED) is 0.0153. The Morgan fingerprint density at radius 3 is 1.35 bits per heavy atom. The third-order valence-corrected chi connectivity index (χ3v) is 17.8.